The lowest BCUT2D eigenvalue weighted by Gasteiger charge is -2.12. The number of nitrogens with one attached hydrogen (secondary N) is 1. The number of nitro groups is 1. The number of nitrogens with zero attached hydrogens (tertiary/aromatic N) is 3. The molecule has 1 aromatic heterocycles. The number of aromatic nitrogens is 1. The molecule has 0 atom stereocenters. The molecule has 0 spiro atoms. The number of aryl methyl sites for hydroxylation is 1. The fourth-order valence-corrected chi connectivity index (χ4v) is 4.81. The highest BCUT2D eigenvalue weighted by molar-refractivity contribution is 9.10. The van der Waals surface area contributed by atoms with Crippen LogP contribution in [-0.2, 0) is 6.61 Å². The summed E-state index contributed by atoms with van der Waals surface area (Å²) in [4.78, 5) is 23.1. The fourth-order valence-electron chi connectivity index (χ4n) is 4.30. The van der Waals surface area contributed by atoms with Crippen LogP contribution in [0.1, 0.15) is 27.2 Å². The maximum absolute atomic E-state index is 12.7. The van der Waals surface area contributed by atoms with Crippen LogP contribution in [0, 0.1) is 17.0 Å². The Hall–Kier alpha value is -5.02. The van der Waals surface area contributed by atoms with E-state index in [0.717, 1.165) is 33.8 Å². The number of rotatable bonds is 9. The van der Waals surface area contributed by atoms with Crippen molar-refractivity contribution < 1.29 is 14.5 Å². The van der Waals surface area contributed by atoms with Crippen molar-refractivity contribution in [1.82, 2.24) is 9.99 Å². The van der Waals surface area contributed by atoms with Crippen molar-refractivity contribution in [3.05, 3.63) is 146 Å². The molecule has 0 saturated carbocycles. The zero-order valence-electron chi connectivity index (χ0n) is 22.0. The minimum Gasteiger partial charge on any atom is -0.488 e. The highest BCUT2D eigenvalue weighted by atomic mass is 79.9. The lowest BCUT2D eigenvalue weighted by Crippen LogP contribution is -2.17. The Bertz CT molecular complexity index is 1710. The molecule has 1 amide bonds. The average Bonchev–Trinajstić information content (AvgIpc) is 3.38. The van der Waals surface area contributed by atoms with Crippen LogP contribution in [0.15, 0.2) is 119 Å². The molecule has 0 saturated heterocycles. The summed E-state index contributed by atoms with van der Waals surface area (Å²) in [6.45, 7) is 2.31. The van der Waals surface area contributed by atoms with Crippen molar-refractivity contribution in [1.29, 1.82) is 0 Å². The second kappa shape index (κ2) is 12.4. The predicted molar refractivity (Wildman–Crippen MR) is 163 cm³/mol. The normalized spacial score (nSPS) is 11.0. The Kier molecular flexibility index (Phi) is 8.36. The van der Waals surface area contributed by atoms with E-state index in [9.17, 15) is 14.9 Å². The van der Waals surface area contributed by atoms with Gasteiger partial charge in [0.25, 0.3) is 11.6 Å². The quantitative estimate of drug-likeness (QED) is 0.107. The van der Waals surface area contributed by atoms with Gasteiger partial charge in [0.1, 0.15) is 12.4 Å². The van der Waals surface area contributed by atoms with Crippen LogP contribution in [0.3, 0.4) is 0 Å². The number of nitro benzene ring substituents is 1. The molecule has 0 aliphatic carbocycles. The van der Waals surface area contributed by atoms with Crippen molar-refractivity contribution in [2.24, 2.45) is 5.10 Å². The summed E-state index contributed by atoms with van der Waals surface area (Å²) in [6, 6.07) is 33.4. The molecule has 204 valence electrons. The van der Waals surface area contributed by atoms with Crippen molar-refractivity contribution in [3.63, 3.8) is 0 Å². The molecule has 0 unspecified atom stereocenters. The van der Waals surface area contributed by atoms with Crippen LogP contribution >= 0.6 is 15.9 Å². The number of carbonyl (C=O) groups excluding carboxylic acids is 1. The standard InChI is InChI=1S/C32H25BrN4O4/c1-22-7-17-30(25-5-3-2-4-6-25)36(22)27-15-11-26(12-16-27)32(38)35-34-20-24-10-18-31(29(33)19-24)41-21-23-8-13-28(14-9-23)37(39)40/h2-20H,21H2,1H3,(H,35,38)/b34-20+. The summed E-state index contributed by atoms with van der Waals surface area (Å²) in [5, 5.41) is 14.9. The van der Waals surface area contributed by atoms with Crippen molar-refractivity contribution in [2.45, 2.75) is 13.5 Å². The summed E-state index contributed by atoms with van der Waals surface area (Å²) in [7, 11) is 0. The number of hydrogen-bond donors (Lipinski definition) is 1. The average molecular weight is 609 g/mol. The summed E-state index contributed by atoms with van der Waals surface area (Å²) >= 11 is 3.49. The summed E-state index contributed by atoms with van der Waals surface area (Å²) in [5.41, 5.74) is 8.93. The van der Waals surface area contributed by atoms with Gasteiger partial charge in [0.2, 0.25) is 0 Å². The van der Waals surface area contributed by atoms with Gasteiger partial charge in [-0.3, -0.25) is 14.9 Å². The first-order chi connectivity index (χ1) is 19.9. The molecular formula is C32H25BrN4O4. The van der Waals surface area contributed by atoms with E-state index in [0.29, 0.717) is 15.8 Å². The van der Waals surface area contributed by atoms with Gasteiger partial charge >= 0.3 is 0 Å². The van der Waals surface area contributed by atoms with Gasteiger partial charge in [0.05, 0.1) is 21.3 Å². The molecule has 0 aliphatic heterocycles. The zero-order chi connectivity index (χ0) is 28.8. The molecule has 9 heteroatoms. The minimum absolute atomic E-state index is 0.0344. The first-order valence-corrected chi connectivity index (χ1v) is 13.5. The van der Waals surface area contributed by atoms with E-state index in [1.54, 1.807) is 36.5 Å². The molecule has 0 bridgehead atoms. The maximum Gasteiger partial charge on any atom is 0.271 e. The van der Waals surface area contributed by atoms with Gasteiger partial charge < -0.3 is 9.30 Å². The Morgan fingerprint density at radius 3 is 2.39 bits per heavy atom. The van der Waals surface area contributed by atoms with Crippen LogP contribution in [0.2, 0.25) is 0 Å². The monoisotopic (exact) mass is 608 g/mol. The Labute approximate surface area is 245 Å². The first-order valence-electron chi connectivity index (χ1n) is 12.7. The van der Waals surface area contributed by atoms with E-state index in [2.05, 4.69) is 62.2 Å². The lowest BCUT2D eigenvalue weighted by atomic mass is 10.1. The van der Waals surface area contributed by atoms with Gasteiger partial charge in [-0.05, 0) is 106 Å². The topological polar surface area (TPSA) is 98.8 Å². The SMILES string of the molecule is Cc1ccc(-c2ccccc2)n1-c1ccc(C(=O)N/N=C/c2ccc(OCc3ccc([N+](=O)[O-])cc3)c(Br)c2)cc1. The highest BCUT2D eigenvalue weighted by Crippen LogP contribution is 2.28. The van der Waals surface area contributed by atoms with Crippen molar-refractivity contribution in [3.8, 4) is 22.7 Å². The molecular weight excluding hydrogens is 584 g/mol. The molecule has 1 N–H and O–H groups in total. The summed E-state index contributed by atoms with van der Waals surface area (Å²) in [5.74, 6) is 0.292. The van der Waals surface area contributed by atoms with E-state index in [1.165, 1.54) is 12.1 Å². The van der Waals surface area contributed by atoms with Gasteiger partial charge in [0, 0.05) is 29.1 Å². The van der Waals surface area contributed by atoms with E-state index < -0.39 is 4.92 Å². The Morgan fingerprint density at radius 2 is 1.71 bits per heavy atom. The van der Waals surface area contributed by atoms with E-state index in [-0.39, 0.29) is 18.2 Å². The minimum atomic E-state index is -0.438. The van der Waals surface area contributed by atoms with Crippen LogP contribution in [0.25, 0.3) is 16.9 Å². The number of hydrogen-bond acceptors (Lipinski definition) is 5. The second-order valence-corrected chi connectivity index (χ2v) is 10.1. The molecule has 8 nitrogen and oxygen atoms in total. The lowest BCUT2D eigenvalue weighted by molar-refractivity contribution is -0.384. The number of carbonyl (C=O) groups is 1. The Balaban J connectivity index is 1.19. The van der Waals surface area contributed by atoms with Gasteiger partial charge in [-0.15, -0.1) is 0 Å². The van der Waals surface area contributed by atoms with Gasteiger partial charge in [-0.2, -0.15) is 5.10 Å². The zero-order valence-corrected chi connectivity index (χ0v) is 23.6. The number of non-ortho nitro benzene ring substituents is 1. The largest absolute Gasteiger partial charge is 0.488 e. The van der Waals surface area contributed by atoms with Crippen LogP contribution in [0.4, 0.5) is 5.69 Å². The highest BCUT2D eigenvalue weighted by Gasteiger charge is 2.11. The number of ether oxygens (including phenoxy) is 1. The molecule has 5 aromatic rings. The number of benzene rings is 4. The van der Waals surface area contributed by atoms with Crippen LogP contribution in [0.5, 0.6) is 5.75 Å². The van der Waals surface area contributed by atoms with Crippen LogP contribution in [-0.4, -0.2) is 21.6 Å². The third-order valence-corrected chi connectivity index (χ3v) is 7.03. The first kappa shape index (κ1) is 27.5. The van der Waals surface area contributed by atoms with Gasteiger partial charge in [0.15, 0.2) is 0 Å². The summed E-state index contributed by atoms with van der Waals surface area (Å²) < 4.78 is 8.69. The smallest absolute Gasteiger partial charge is 0.271 e. The van der Waals surface area contributed by atoms with Gasteiger partial charge in [-0.25, -0.2) is 5.43 Å². The van der Waals surface area contributed by atoms with Gasteiger partial charge in [-0.1, -0.05) is 30.3 Å². The predicted octanol–water partition coefficient (Wildman–Crippen LogP) is 7.47. The van der Waals surface area contributed by atoms with E-state index in [4.69, 9.17) is 4.74 Å². The number of hydrazone groups is 1. The fraction of sp³-hybridized carbons (Fsp3) is 0.0625. The maximum atomic E-state index is 12.7. The third-order valence-electron chi connectivity index (χ3n) is 6.41. The van der Waals surface area contributed by atoms with Crippen LogP contribution < -0.4 is 10.2 Å². The molecule has 5 rings (SSSR count). The molecule has 0 radical (unpaired) electrons. The third kappa shape index (κ3) is 6.59. The van der Waals surface area contributed by atoms with Crippen molar-refractivity contribution in [2.75, 3.05) is 0 Å². The number of amides is 1. The number of halogens is 1. The molecule has 0 aliphatic rings. The Morgan fingerprint density at radius 1 is 0.976 bits per heavy atom. The molecule has 1 heterocycles. The molecule has 41 heavy (non-hydrogen) atoms. The van der Waals surface area contributed by atoms with E-state index in [1.807, 2.05) is 42.5 Å². The molecule has 0 fully saturated rings. The second-order valence-electron chi connectivity index (χ2n) is 9.21. The molecule has 4 aromatic carbocycles. The van der Waals surface area contributed by atoms with Crippen molar-refractivity contribution >= 4 is 33.7 Å². The summed E-state index contributed by atoms with van der Waals surface area (Å²) in [6.07, 6.45) is 1.55. The van der Waals surface area contributed by atoms with E-state index >= 15 is 0 Å².